The van der Waals surface area contributed by atoms with Gasteiger partial charge < -0.3 is 5.32 Å². The van der Waals surface area contributed by atoms with Crippen LogP contribution in [-0.4, -0.2) is 21.3 Å². The van der Waals surface area contributed by atoms with Crippen molar-refractivity contribution < 1.29 is 0 Å². The third kappa shape index (κ3) is 3.14. The molecule has 0 atom stereocenters. The fourth-order valence-corrected chi connectivity index (χ4v) is 2.45. The van der Waals surface area contributed by atoms with Gasteiger partial charge in [0.25, 0.3) is 0 Å². The van der Waals surface area contributed by atoms with Crippen LogP contribution < -0.4 is 5.32 Å². The number of hydrogen-bond acceptors (Lipinski definition) is 4. The summed E-state index contributed by atoms with van der Waals surface area (Å²) in [5.74, 6) is 0. The smallest absolute Gasteiger partial charge is 0.114 e. The van der Waals surface area contributed by atoms with E-state index in [0.29, 0.717) is 0 Å². The highest BCUT2D eigenvalue weighted by Crippen LogP contribution is 2.12. The Bertz CT molecular complexity index is 486. The van der Waals surface area contributed by atoms with Gasteiger partial charge >= 0.3 is 0 Å². The van der Waals surface area contributed by atoms with Crippen LogP contribution >= 0.6 is 11.3 Å². The Hall–Kier alpha value is -1.20. The van der Waals surface area contributed by atoms with E-state index in [2.05, 4.69) is 40.8 Å². The zero-order chi connectivity index (χ0) is 12.3. The highest BCUT2D eigenvalue weighted by Gasteiger charge is 2.06. The van der Waals surface area contributed by atoms with Crippen LogP contribution in [-0.2, 0) is 13.1 Å². The molecule has 0 aromatic carbocycles. The molecule has 17 heavy (non-hydrogen) atoms. The minimum Gasteiger partial charge on any atom is -0.313 e. The lowest BCUT2D eigenvalue weighted by Crippen LogP contribution is -2.11. The van der Waals surface area contributed by atoms with Crippen LogP contribution in [0.2, 0.25) is 0 Å². The van der Waals surface area contributed by atoms with Crippen LogP contribution in [0.25, 0.3) is 0 Å². The SMILES string of the molecule is CCNCc1cn(Cc2nc(C)cs2)nc1C. The van der Waals surface area contributed by atoms with Crippen LogP contribution in [0.5, 0.6) is 0 Å². The van der Waals surface area contributed by atoms with E-state index in [4.69, 9.17) is 0 Å². The van der Waals surface area contributed by atoms with Gasteiger partial charge in [-0.1, -0.05) is 6.92 Å². The summed E-state index contributed by atoms with van der Waals surface area (Å²) in [5.41, 5.74) is 3.45. The summed E-state index contributed by atoms with van der Waals surface area (Å²) >= 11 is 1.69. The zero-order valence-electron chi connectivity index (χ0n) is 10.5. The van der Waals surface area contributed by atoms with E-state index in [1.54, 1.807) is 11.3 Å². The largest absolute Gasteiger partial charge is 0.313 e. The van der Waals surface area contributed by atoms with Gasteiger partial charge in [-0.25, -0.2) is 4.98 Å². The van der Waals surface area contributed by atoms with E-state index in [9.17, 15) is 0 Å². The maximum atomic E-state index is 4.51. The molecular weight excluding hydrogens is 232 g/mol. The zero-order valence-corrected chi connectivity index (χ0v) is 11.3. The Labute approximate surface area is 106 Å². The summed E-state index contributed by atoms with van der Waals surface area (Å²) in [4.78, 5) is 4.45. The third-order valence-corrected chi connectivity index (χ3v) is 3.53. The molecule has 0 aliphatic heterocycles. The topological polar surface area (TPSA) is 42.7 Å². The van der Waals surface area contributed by atoms with E-state index in [1.165, 1.54) is 5.56 Å². The number of aromatic nitrogens is 3. The van der Waals surface area contributed by atoms with Crippen molar-refractivity contribution in [1.29, 1.82) is 0 Å². The quantitative estimate of drug-likeness (QED) is 0.884. The first-order valence-electron chi connectivity index (χ1n) is 5.83. The van der Waals surface area contributed by atoms with Crippen LogP contribution in [0.1, 0.15) is 28.9 Å². The van der Waals surface area contributed by atoms with Crippen LogP contribution in [0.15, 0.2) is 11.6 Å². The van der Waals surface area contributed by atoms with Crippen molar-refractivity contribution >= 4 is 11.3 Å². The number of nitrogens with zero attached hydrogens (tertiary/aromatic N) is 3. The van der Waals surface area contributed by atoms with Gasteiger partial charge in [-0.15, -0.1) is 11.3 Å². The van der Waals surface area contributed by atoms with Gasteiger partial charge in [0.2, 0.25) is 0 Å². The fraction of sp³-hybridized carbons (Fsp3) is 0.500. The lowest BCUT2D eigenvalue weighted by molar-refractivity contribution is 0.674. The van der Waals surface area contributed by atoms with Crippen molar-refractivity contribution in [3.8, 4) is 0 Å². The summed E-state index contributed by atoms with van der Waals surface area (Å²) in [7, 11) is 0. The predicted octanol–water partition coefficient (Wildman–Crippen LogP) is 2.11. The monoisotopic (exact) mass is 250 g/mol. The maximum Gasteiger partial charge on any atom is 0.114 e. The number of hydrogen-bond donors (Lipinski definition) is 1. The normalized spacial score (nSPS) is 11.0. The van der Waals surface area contributed by atoms with Crippen molar-refractivity contribution in [2.75, 3.05) is 6.54 Å². The molecule has 2 heterocycles. The highest BCUT2D eigenvalue weighted by molar-refractivity contribution is 7.09. The molecule has 0 aliphatic rings. The highest BCUT2D eigenvalue weighted by atomic mass is 32.1. The first-order chi connectivity index (χ1) is 8.19. The van der Waals surface area contributed by atoms with Crippen molar-refractivity contribution in [2.24, 2.45) is 0 Å². The molecule has 2 aromatic heterocycles. The summed E-state index contributed by atoms with van der Waals surface area (Å²) in [6, 6.07) is 0. The molecule has 0 aliphatic carbocycles. The molecule has 2 rings (SSSR count). The van der Waals surface area contributed by atoms with Gasteiger partial charge in [0, 0.05) is 29.4 Å². The third-order valence-electron chi connectivity index (χ3n) is 2.58. The first-order valence-corrected chi connectivity index (χ1v) is 6.71. The van der Waals surface area contributed by atoms with E-state index in [0.717, 1.165) is 36.0 Å². The van der Waals surface area contributed by atoms with Gasteiger partial charge in [-0.2, -0.15) is 5.10 Å². The standard InChI is InChI=1S/C12H18N4S/c1-4-13-5-11-6-16(15-10(11)3)7-12-14-9(2)8-17-12/h6,8,13H,4-5,7H2,1-3H3. The van der Waals surface area contributed by atoms with Crippen molar-refractivity contribution in [2.45, 2.75) is 33.9 Å². The summed E-state index contributed by atoms with van der Waals surface area (Å²) < 4.78 is 1.97. The number of nitrogens with one attached hydrogen (secondary N) is 1. The van der Waals surface area contributed by atoms with Crippen molar-refractivity contribution in [3.05, 3.63) is 33.5 Å². The fourth-order valence-electron chi connectivity index (χ4n) is 1.69. The molecule has 2 aromatic rings. The summed E-state index contributed by atoms with van der Waals surface area (Å²) in [6.45, 7) is 8.82. The minimum absolute atomic E-state index is 0.769. The van der Waals surface area contributed by atoms with Gasteiger partial charge in [0.15, 0.2) is 0 Å². The Morgan fingerprint density at radius 2 is 2.24 bits per heavy atom. The average molecular weight is 250 g/mol. The molecule has 0 radical (unpaired) electrons. The van der Waals surface area contributed by atoms with Crippen LogP contribution in [0.4, 0.5) is 0 Å². The van der Waals surface area contributed by atoms with E-state index < -0.39 is 0 Å². The number of thiazole rings is 1. The second kappa shape index (κ2) is 5.42. The first kappa shape index (κ1) is 12.3. The van der Waals surface area contributed by atoms with Crippen LogP contribution in [0, 0.1) is 13.8 Å². The van der Waals surface area contributed by atoms with Gasteiger partial charge in [0.05, 0.1) is 12.2 Å². The molecule has 1 N–H and O–H groups in total. The Morgan fingerprint density at radius 1 is 1.41 bits per heavy atom. The van der Waals surface area contributed by atoms with Crippen LogP contribution in [0.3, 0.4) is 0 Å². The molecule has 0 bridgehead atoms. The van der Waals surface area contributed by atoms with Gasteiger partial charge in [0.1, 0.15) is 5.01 Å². The molecule has 0 saturated heterocycles. The molecule has 5 heteroatoms. The number of rotatable bonds is 5. The molecule has 0 saturated carbocycles. The van der Waals surface area contributed by atoms with Gasteiger partial charge in [-0.3, -0.25) is 4.68 Å². The number of aryl methyl sites for hydroxylation is 2. The molecule has 0 unspecified atom stereocenters. The lowest BCUT2D eigenvalue weighted by Gasteiger charge is -1.98. The molecule has 0 fully saturated rings. The second-order valence-electron chi connectivity index (χ2n) is 4.10. The van der Waals surface area contributed by atoms with E-state index in [-0.39, 0.29) is 0 Å². The maximum absolute atomic E-state index is 4.51. The Morgan fingerprint density at radius 3 is 2.88 bits per heavy atom. The Kier molecular flexibility index (Phi) is 3.91. The molecule has 4 nitrogen and oxygen atoms in total. The summed E-state index contributed by atoms with van der Waals surface area (Å²) in [6.07, 6.45) is 2.11. The van der Waals surface area contributed by atoms with E-state index >= 15 is 0 Å². The molecular formula is C12H18N4S. The second-order valence-corrected chi connectivity index (χ2v) is 5.04. The molecule has 92 valence electrons. The van der Waals surface area contributed by atoms with Crippen molar-refractivity contribution in [1.82, 2.24) is 20.1 Å². The summed E-state index contributed by atoms with van der Waals surface area (Å²) in [5, 5.41) is 11.0. The predicted molar refractivity (Wildman–Crippen MR) is 70.3 cm³/mol. The average Bonchev–Trinajstić information content (AvgIpc) is 2.83. The Balaban J connectivity index is 2.06. The van der Waals surface area contributed by atoms with Gasteiger partial charge in [-0.05, 0) is 20.4 Å². The lowest BCUT2D eigenvalue weighted by atomic mass is 10.2. The molecule has 0 amide bonds. The molecule has 0 spiro atoms. The minimum atomic E-state index is 0.769. The van der Waals surface area contributed by atoms with E-state index in [1.807, 2.05) is 11.6 Å². The van der Waals surface area contributed by atoms with Crippen molar-refractivity contribution in [3.63, 3.8) is 0 Å².